The highest BCUT2D eigenvalue weighted by molar-refractivity contribution is 5.85. The van der Waals surface area contributed by atoms with Crippen LogP contribution in [-0.2, 0) is 4.79 Å². The van der Waals surface area contributed by atoms with Crippen molar-refractivity contribution in [3.05, 3.63) is 0 Å². The minimum Gasteiger partial charge on any atom is -0.322 e. The molecule has 2 heterocycles. The Bertz CT molecular complexity index is 381. The largest absolute Gasteiger partial charge is 0.322 e. The summed E-state index contributed by atoms with van der Waals surface area (Å²) >= 11 is 0. The Labute approximate surface area is 120 Å². The maximum atomic E-state index is 12.5. The first-order chi connectivity index (χ1) is 8.70. The van der Waals surface area contributed by atoms with Gasteiger partial charge in [-0.05, 0) is 32.1 Å². The second kappa shape index (κ2) is 5.68. The second-order valence-corrected chi connectivity index (χ2v) is 6.08. The molecule has 0 aromatic rings. The van der Waals surface area contributed by atoms with Crippen molar-refractivity contribution in [1.82, 2.24) is 10.2 Å². The van der Waals surface area contributed by atoms with Crippen molar-refractivity contribution in [3.8, 4) is 6.07 Å². The van der Waals surface area contributed by atoms with Crippen LogP contribution in [0.3, 0.4) is 0 Å². The number of fused-ring (bicyclic) bond motifs is 1. The summed E-state index contributed by atoms with van der Waals surface area (Å²) < 4.78 is 0. The SMILES string of the molecule is CC1CC(C#N)N1C(=O)C1CC2CCCCC2N1.Cl. The van der Waals surface area contributed by atoms with Crippen LogP contribution in [0.5, 0.6) is 0 Å². The summed E-state index contributed by atoms with van der Waals surface area (Å²) in [5.41, 5.74) is 0. The molecule has 0 radical (unpaired) electrons. The van der Waals surface area contributed by atoms with Crippen molar-refractivity contribution in [2.24, 2.45) is 5.92 Å². The molecule has 3 rings (SSSR count). The third-order valence-electron chi connectivity index (χ3n) is 4.94. The number of hydrogen-bond acceptors (Lipinski definition) is 3. The lowest BCUT2D eigenvalue weighted by Gasteiger charge is -2.44. The molecule has 5 atom stereocenters. The van der Waals surface area contributed by atoms with E-state index in [0.717, 1.165) is 12.8 Å². The maximum Gasteiger partial charge on any atom is 0.241 e. The number of likely N-dealkylation sites (tertiary alicyclic amines) is 1. The lowest BCUT2D eigenvalue weighted by atomic mass is 9.84. The van der Waals surface area contributed by atoms with E-state index in [0.29, 0.717) is 12.0 Å². The van der Waals surface area contributed by atoms with Gasteiger partial charge in [-0.3, -0.25) is 4.79 Å². The normalized spacial score (nSPS) is 40.6. The van der Waals surface area contributed by atoms with E-state index in [9.17, 15) is 4.79 Å². The summed E-state index contributed by atoms with van der Waals surface area (Å²) in [6, 6.07) is 2.80. The summed E-state index contributed by atoms with van der Waals surface area (Å²) in [4.78, 5) is 14.2. The summed E-state index contributed by atoms with van der Waals surface area (Å²) in [5.74, 6) is 0.847. The van der Waals surface area contributed by atoms with Gasteiger partial charge in [-0.1, -0.05) is 12.8 Å². The number of carbonyl (C=O) groups is 1. The Balaban J connectivity index is 0.00000133. The molecule has 1 saturated carbocycles. The smallest absolute Gasteiger partial charge is 0.241 e. The second-order valence-electron chi connectivity index (χ2n) is 6.08. The lowest BCUT2D eigenvalue weighted by molar-refractivity contribution is -0.143. The van der Waals surface area contributed by atoms with Crippen molar-refractivity contribution in [1.29, 1.82) is 5.26 Å². The zero-order valence-corrected chi connectivity index (χ0v) is 12.2. The highest BCUT2D eigenvalue weighted by Gasteiger charge is 2.45. The molecule has 1 amide bonds. The Kier molecular flexibility index (Phi) is 4.37. The van der Waals surface area contributed by atoms with Crippen molar-refractivity contribution in [3.63, 3.8) is 0 Å². The molecule has 2 aliphatic heterocycles. The molecule has 2 saturated heterocycles. The average Bonchev–Trinajstić information content (AvgIpc) is 2.79. The van der Waals surface area contributed by atoms with Crippen LogP contribution in [0.15, 0.2) is 0 Å². The first kappa shape index (κ1) is 14.6. The van der Waals surface area contributed by atoms with Gasteiger partial charge in [0.2, 0.25) is 5.91 Å². The van der Waals surface area contributed by atoms with Gasteiger partial charge in [0.15, 0.2) is 0 Å². The topological polar surface area (TPSA) is 56.1 Å². The minimum absolute atomic E-state index is 0. The molecule has 1 aliphatic carbocycles. The van der Waals surface area contributed by atoms with Gasteiger partial charge < -0.3 is 10.2 Å². The van der Waals surface area contributed by atoms with E-state index in [-0.39, 0.29) is 36.4 Å². The fraction of sp³-hybridized carbons (Fsp3) is 0.857. The molecule has 0 aromatic heterocycles. The molecule has 5 heteroatoms. The first-order valence-electron chi connectivity index (χ1n) is 7.18. The zero-order valence-electron chi connectivity index (χ0n) is 11.3. The van der Waals surface area contributed by atoms with E-state index in [1.807, 2.05) is 6.92 Å². The lowest BCUT2D eigenvalue weighted by Crippen LogP contribution is -2.60. The summed E-state index contributed by atoms with van der Waals surface area (Å²) in [6.45, 7) is 2.04. The number of nitriles is 1. The van der Waals surface area contributed by atoms with Crippen LogP contribution in [0.25, 0.3) is 0 Å². The predicted molar refractivity (Wildman–Crippen MR) is 74.9 cm³/mol. The molecule has 3 fully saturated rings. The van der Waals surface area contributed by atoms with E-state index < -0.39 is 0 Å². The summed E-state index contributed by atoms with van der Waals surface area (Å²) in [6.07, 6.45) is 6.89. The van der Waals surface area contributed by atoms with Crippen molar-refractivity contribution in [2.75, 3.05) is 0 Å². The molecular formula is C14H22ClN3O. The van der Waals surface area contributed by atoms with E-state index in [1.165, 1.54) is 25.7 Å². The molecule has 19 heavy (non-hydrogen) atoms. The van der Waals surface area contributed by atoms with Gasteiger partial charge in [-0.25, -0.2) is 0 Å². The minimum atomic E-state index is -0.183. The summed E-state index contributed by atoms with van der Waals surface area (Å²) in [5, 5.41) is 12.5. The van der Waals surface area contributed by atoms with Gasteiger partial charge in [0, 0.05) is 18.5 Å². The molecule has 0 aromatic carbocycles. The Morgan fingerprint density at radius 3 is 2.68 bits per heavy atom. The monoisotopic (exact) mass is 283 g/mol. The number of halogens is 1. The first-order valence-corrected chi connectivity index (χ1v) is 7.18. The van der Waals surface area contributed by atoms with E-state index in [1.54, 1.807) is 4.90 Å². The molecule has 4 nitrogen and oxygen atoms in total. The molecule has 106 valence electrons. The van der Waals surface area contributed by atoms with E-state index in [2.05, 4.69) is 11.4 Å². The number of amides is 1. The fourth-order valence-corrected chi connectivity index (χ4v) is 3.90. The van der Waals surface area contributed by atoms with Crippen LogP contribution in [0, 0.1) is 17.2 Å². The highest BCUT2D eigenvalue weighted by atomic mass is 35.5. The number of nitrogens with one attached hydrogen (secondary N) is 1. The van der Waals surface area contributed by atoms with Crippen LogP contribution >= 0.6 is 12.4 Å². The highest BCUT2D eigenvalue weighted by Crippen LogP contribution is 2.35. The van der Waals surface area contributed by atoms with Crippen molar-refractivity contribution >= 4 is 18.3 Å². The van der Waals surface area contributed by atoms with Gasteiger partial charge in [-0.15, -0.1) is 12.4 Å². The van der Waals surface area contributed by atoms with Gasteiger partial charge in [0.25, 0.3) is 0 Å². The quantitative estimate of drug-likeness (QED) is 0.799. The Morgan fingerprint density at radius 1 is 1.32 bits per heavy atom. The van der Waals surface area contributed by atoms with Gasteiger partial charge in [-0.2, -0.15) is 5.26 Å². The van der Waals surface area contributed by atoms with Crippen LogP contribution in [0.4, 0.5) is 0 Å². The average molecular weight is 284 g/mol. The standard InChI is InChI=1S/C14H21N3O.ClH/c1-9-6-11(8-15)17(9)14(18)13-7-10-4-2-3-5-12(10)16-13;/h9-13,16H,2-7H2,1H3;1H. The molecule has 0 spiro atoms. The molecule has 5 unspecified atom stereocenters. The van der Waals surface area contributed by atoms with Gasteiger partial charge >= 0.3 is 0 Å². The van der Waals surface area contributed by atoms with Crippen molar-refractivity contribution < 1.29 is 4.79 Å². The molecule has 1 N–H and O–H groups in total. The third-order valence-corrected chi connectivity index (χ3v) is 4.94. The van der Waals surface area contributed by atoms with E-state index in [4.69, 9.17) is 5.26 Å². The zero-order chi connectivity index (χ0) is 12.7. The number of hydrogen-bond donors (Lipinski definition) is 1. The van der Waals surface area contributed by atoms with Crippen LogP contribution in [0.1, 0.15) is 45.4 Å². The Hall–Kier alpha value is -0.790. The number of nitrogens with zero attached hydrogens (tertiary/aromatic N) is 2. The fourth-order valence-electron chi connectivity index (χ4n) is 3.90. The van der Waals surface area contributed by atoms with Crippen molar-refractivity contribution in [2.45, 2.75) is 69.6 Å². The number of carbonyl (C=O) groups excluding carboxylic acids is 1. The Morgan fingerprint density at radius 2 is 2.05 bits per heavy atom. The van der Waals surface area contributed by atoms with Gasteiger partial charge in [0.1, 0.15) is 6.04 Å². The molecular weight excluding hydrogens is 262 g/mol. The maximum absolute atomic E-state index is 12.5. The van der Waals surface area contributed by atoms with Crippen LogP contribution in [0.2, 0.25) is 0 Å². The summed E-state index contributed by atoms with van der Waals surface area (Å²) in [7, 11) is 0. The molecule has 0 bridgehead atoms. The van der Waals surface area contributed by atoms with Gasteiger partial charge in [0.05, 0.1) is 12.1 Å². The third kappa shape index (κ3) is 2.46. The predicted octanol–water partition coefficient (Wildman–Crippen LogP) is 1.84. The molecule has 3 aliphatic rings. The van der Waals surface area contributed by atoms with Crippen LogP contribution < -0.4 is 5.32 Å². The number of rotatable bonds is 1. The van der Waals surface area contributed by atoms with E-state index >= 15 is 0 Å². The van der Waals surface area contributed by atoms with Crippen LogP contribution in [-0.4, -0.2) is 35.0 Å².